The van der Waals surface area contributed by atoms with Crippen LogP contribution in [-0.2, 0) is 4.74 Å². The molecular weight excluding hydrogens is 216 g/mol. The van der Waals surface area contributed by atoms with E-state index in [0.717, 1.165) is 32.2 Å². The van der Waals surface area contributed by atoms with Gasteiger partial charge < -0.3 is 15.4 Å². The van der Waals surface area contributed by atoms with Gasteiger partial charge in [-0.05, 0) is 46.5 Å². The van der Waals surface area contributed by atoms with Crippen molar-refractivity contribution in [3.63, 3.8) is 0 Å². The molecule has 0 saturated carbocycles. The van der Waals surface area contributed by atoms with E-state index in [1.807, 2.05) is 25.7 Å². The van der Waals surface area contributed by atoms with Crippen LogP contribution in [0.1, 0.15) is 53.4 Å². The molecule has 0 bridgehead atoms. The molecule has 0 spiro atoms. The molecule has 1 amide bonds. The molecule has 0 aromatic heterocycles. The standard InChI is InChI=1S/C13H26N2O2/c1-5-10(14)11-8-6-7-9-15(11)12(16)17-13(2,3)4/h10-11H,5-9,14H2,1-4H3/t10-,11-/m1/s1. The number of carbonyl (C=O) groups is 1. The lowest BCUT2D eigenvalue weighted by atomic mass is 9.95. The zero-order valence-electron chi connectivity index (χ0n) is 11.5. The lowest BCUT2D eigenvalue weighted by Gasteiger charge is -2.39. The minimum absolute atomic E-state index is 0.0582. The topological polar surface area (TPSA) is 55.6 Å². The van der Waals surface area contributed by atoms with E-state index < -0.39 is 5.60 Å². The average molecular weight is 242 g/mol. The zero-order chi connectivity index (χ0) is 13.1. The van der Waals surface area contributed by atoms with Crippen molar-refractivity contribution in [3.8, 4) is 0 Å². The van der Waals surface area contributed by atoms with E-state index in [4.69, 9.17) is 10.5 Å². The molecule has 2 atom stereocenters. The summed E-state index contributed by atoms with van der Waals surface area (Å²) >= 11 is 0. The third-order valence-electron chi connectivity index (χ3n) is 3.14. The van der Waals surface area contributed by atoms with E-state index >= 15 is 0 Å². The summed E-state index contributed by atoms with van der Waals surface area (Å²) in [6.07, 6.45) is 3.87. The van der Waals surface area contributed by atoms with Crippen molar-refractivity contribution in [1.29, 1.82) is 0 Å². The Morgan fingerprint density at radius 3 is 2.65 bits per heavy atom. The first-order valence-corrected chi connectivity index (χ1v) is 6.60. The Balaban J connectivity index is 2.67. The largest absolute Gasteiger partial charge is 0.444 e. The van der Waals surface area contributed by atoms with E-state index in [0.29, 0.717) is 0 Å². The van der Waals surface area contributed by atoms with Crippen LogP contribution in [0.5, 0.6) is 0 Å². The number of hydrogen-bond acceptors (Lipinski definition) is 3. The molecule has 2 N–H and O–H groups in total. The average Bonchev–Trinajstić information content (AvgIpc) is 2.25. The molecule has 1 saturated heterocycles. The van der Waals surface area contributed by atoms with Crippen molar-refractivity contribution < 1.29 is 9.53 Å². The summed E-state index contributed by atoms with van der Waals surface area (Å²) in [5.74, 6) is 0. The second-order valence-electron chi connectivity index (χ2n) is 5.81. The van der Waals surface area contributed by atoms with Gasteiger partial charge in [0.2, 0.25) is 0 Å². The fourth-order valence-electron chi connectivity index (χ4n) is 2.22. The van der Waals surface area contributed by atoms with E-state index in [-0.39, 0.29) is 18.2 Å². The summed E-state index contributed by atoms with van der Waals surface area (Å²) in [6.45, 7) is 8.51. The van der Waals surface area contributed by atoms with Crippen LogP contribution < -0.4 is 5.73 Å². The van der Waals surface area contributed by atoms with E-state index in [2.05, 4.69) is 6.92 Å². The van der Waals surface area contributed by atoms with Gasteiger partial charge >= 0.3 is 6.09 Å². The highest BCUT2D eigenvalue weighted by atomic mass is 16.6. The first kappa shape index (κ1) is 14.3. The summed E-state index contributed by atoms with van der Waals surface area (Å²) in [5.41, 5.74) is 5.66. The number of likely N-dealkylation sites (tertiary alicyclic amines) is 1. The summed E-state index contributed by atoms with van der Waals surface area (Å²) in [6, 6.07) is 0.200. The van der Waals surface area contributed by atoms with Crippen molar-refractivity contribution in [2.75, 3.05) is 6.54 Å². The third-order valence-corrected chi connectivity index (χ3v) is 3.14. The Labute approximate surface area is 104 Å². The number of carbonyl (C=O) groups excluding carboxylic acids is 1. The maximum atomic E-state index is 12.1. The van der Waals surface area contributed by atoms with Crippen molar-refractivity contribution in [3.05, 3.63) is 0 Å². The van der Waals surface area contributed by atoms with Crippen molar-refractivity contribution in [1.82, 2.24) is 4.90 Å². The highest BCUT2D eigenvalue weighted by molar-refractivity contribution is 5.68. The zero-order valence-corrected chi connectivity index (χ0v) is 11.5. The number of rotatable bonds is 2. The predicted octanol–water partition coefficient (Wildman–Crippen LogP) is 2.51. The van der Waals surface area contributed by atoms with Gasteiger partial charge in [0.1, 0.15) is 5.60 Å². The lowest BCUT2D eigenvalue weighted by molar-refractivity contribution is 0.00643. The molecule has 17 heavy (non-hydrogen) atoms. The van der Waals surface area contributed by atoms with Gasteiger partial charge in [-0.25, -0.2) is 4.79 Å². The fourth-order valence-corrected chi connectivity index (χ4v) is 2.22. The smallest absolute Gasteiger partial charge is 0.410 e. The molecule has 1 fully saturated rings. The maximum Gasteiger partial charge on any atom is 0.410 e. The molecule has 4 nitrogen and oxygen atoms in total. The summed E-state index contributed by atoms with van der Waals surface area (Å²) in [5, 5.41) is 0. The molecule has 1 heterocycles. The van der Waals surface area contributed by atoms with Crippen LogP contribution in [0.2, 0.25) is 0 Å². The quantitative estimate of drug-likeness (QED) is 0.809. The Kier molecular flexibility index (Phi) is 4.80. The molecule has 4 heteroatoms. The number of nitrogens with zero attached hydrogens (tertiary/aromatic N) is 1. The van der Waals surface area contributed by atoms with E-state index in [1.165, 1.54) is 0 Å². The van der Waals surface area contributed by atoms with Crippen LogP contribution in [0.25, 0.3) is 0 Å². The Hall–Kier alpha value is -0.770. The lowest BCUT2D eigenvalue weighted by Crippen LogP contribution is -2.53. The Bertz CT molecular complexity index is 261. The van der Waals surface area contributed by atoms with Crippen LogP contribution >= 0.6 is 0 Å². The van der Waals surface area contributed by atoms with E-state index in [9.17, 15) is 4.79 Å². The molecule has 1 aliphatic rings. The highest BCUT2D eigenvalue weighted by Gasteiger charge is 2.33. The van der Waals surface area contributed by atoms with Crippen LogP contribution in [0, 0.1) is 0 Å². The number of hydrogen-bond donors (Lipinski definition) is 1. The second kappa shape index (κ2) is 5.71. The van der Waals surface area contributed by atoms with Gasteiger partial charge in [0.25, 0.3) is 0 Å². The molecule has 1 rings (SSSR count). The molecule has 0 aliphatic carbocycles. The second-order valence-corrected chi connectivity index (χ2v) is 5.81. The first-order valence-electron chi connectivity index (χ1n) is 6.60. The third kappa shape index (κ3) is 4.19. The Morgan fingerprint density at radius 1 is 1.47 bits per heavy atom. The summed E-state index contributed by atoms with van der Waals surface area (Å²) < 4.78 is 5.43. The molecule has 100 valence electrons. The van der Waals surface area contributed by atoms with Crippen molar-refractivity contribution >= 4 is 6.09 Å². The van der Waals surface area contributed by atoms with Gasteiger partial charge in [0, 0.05) is 12.6 Å². The van der Waals surface area contributed by atoms with Gasteiger partial charge in [-0.15, -0.1) is 0 Å². The van der Waals surface area contributed by atoms with Gasteiger partial charge in [-0.3, -0.25) is 0 Å². The minimum atomic E-state index is -0.435. The van der Waals surface area contributed by atoms with Crippen LogP contribution in [0.15, 0.2) is 0 Å². The summed E-state index contributed by atoms with van der Waals surface area (Å²) in [4.78, 5) is 13.9. The van der Waals surface area contributed by atoms with Crippen LogP contribution in [0.4, 0.5) is 4.79 Å². The van der Waals surface area contributed by atoms with Crippen molar-refractivity contribution in [2.45, 2.75) is 71.1 Å². The SMILES string of the molecule is CC[C@@H](N)[C@H]1CCCCN1C(=O)OC(C)(C)C. The predicted molar refractivity (Wildman–Crippen MR) is 68.8 cm³/mol. The first-order chi connectivity index (χ1) is 7.85. The van der Waals surface area contributed by atoms with E-state index in [1.54, 1.807) is 0 Å². The normalized spacial score (nSPS) is 23.4. The van der Waals surface area contributed by atoms with Gasteiger partial charge in [-0.2, -0.15) is 0 Å². The van der Waals surface area contributed by atoms with Crippen LogP contribution in [0.3, 0.4) is 0 Å². The highest BCUT2D eigenvalue weighted by Crippen LogP contribution is 2.22. The maximum absolute atomic E-state index is 12.1. The van der Waals surface area contributed by atoms with Crippen molar-refractivity contribution in [2.24, 2.45) is 5.73 Å². The molecule has 0 aromatic rings. The minimum Gasteiger partial charge on any atom is -0.444 e. The summed E-state index contributed by atoms with van der Waals surface area (Å²) in [7, 11) is 0. The van der Waals surface area contributed by atoms with Gasteiger partial charge in [0.05, 0.1) is 6.04 Å². The molecule has 0 aromatic carbocycles. The number of amides is 1. The Morgan fingerprint density at radius 2 is 2.12 bits per heavy atom. The number of nitrogens with two attached hydrogens (primary N) is 1. The number of ether oxygens (including phenoxy) is 1. The fraction of sp³-hybridized carbons (Fsp3) is 0.923. The number of piperidine rings is 1. The van der Waals surface area contributed by atoms with Crippen LogP contribution in [-0.4, -0.2) is 35.2 Å². The van der Waals surface area contributed by atoms with Gasteiger partial charge in [0.15, 0.2) is 0 Å². The van der Waals surface area contributed by atoms with Gasteiger partial charge in [-0.1, -0.05) is 6.92 Å². The monoisotopic (exact) mass is 242 g/mol. The molecule has 0 radical (unpaired) electrons. The molecule has 0 unspecified atom stereocenters. The molecular formula is C13H26N2O2. The molecule has 1 aliphatic heterocycles.